The molecular weight excluding hydrogens is 474 g/mol. The fourth-order valence-electron chi connectivity index (χ4n) is 2.95. The van der Waals surface area contributed by atoms with Gasteiger partial charge in [-0.3, -0.25) is 19.7 Å². The van der Waals surface area contributed by atoms with Crippen molar-refractivity contribution in [3.63, 3.8) is 0 Å². The monoisotopic (exact) mass is 491 g/mol. The van der Waals surface area contributed by atoms with Crippen LogP contribution in [-0.2, 0) is 14.9 Å². The van der Waals surface area contributed by atoms with E-state index in [1.54, 1.807) is 24.3 Å². The fourth-order valence-corrected chi connectivity index (χ4v) is 3.92. The van der Waals surface area contributed by atoms with Crippen LogP contribution in [0.4, 0.5) is 11.4 Å². The molecule has 10 nitrogen and oxygen atoms in total. The second-order valence-electron chi connectivity index (χ2n) is 7.09. The smallest absolute Gasteiger partial charge is 0.339 e. The van der Waals surface area contributed by atoms with Gasteiger partial charge in [0.2, 0.25) is 0 Å². The number of Topliss-reactive ketones (excluding diaryl/α,β-unsaturated/α-hetero) is 1. The van der Waals surface area contributed by atoms with Gasteiger partial charge in [-0.1, -0.05) is 30.3 Å². The Morgan fingerprint density at radius 3 is 2.37 bits per heavy atom. The van der Waals surface area contributed by atoms with Crippen LogP contribution in [0.3, 0.4) is 0 Å². The molecule has 1 N–H and O–H groups in total. The normalized spacial score (nSPS) is 11.3. The van der Waals surface area contributed by atoms with Crippen LogP contribution in [0.2, 0.25) is 0 Å². The lowest BCUT2D eigenvalue weighted by molar-refractivity contribution is -0.385. The SMILES string of the molecule is CC(=O)c1ccccc1NC(=O)/C(C#N)=C\c1ccc(OS(=O)(=O)c2cccc([N+](=O)[O-])c2)cc1. The number of hydrogen-bond acceptors (Lipinski definition) is 8. The van der Waals surface area contributed by atoms with Gasteiger partial charge in [0.05, 0.1) is 10.6 Å². The highest BCUT2D eigenvalue weighted by Gasteiger charge is 2.20. The predicted molar refractivity (Wildman–Crippen MR) is 126 cm³/mol. The molecule has 35 heavy (non-hydrogen) atoms. The second-order valence-corrected chi connectivity index (χ2v) is 8.63. The van der Waals surface area contributed by atoms with Crippen LogP contribution < -0.4 is 9.50 Å². The molecular formula is C24H17N3O7S. The van der Waals surface area contributed by atoms with Crippen molar-refractivity contribution >= 4 is 39.3 Å². The third-order valence-corrected chi connectivity index (χ3v) is 5.88. The molecule has 0 unspecified atom stereocenters. The number of nitro benzene ring substituents is 1. The van der Waals surface area contributed by atoms with Gasteiger partial charge in [-0.05, 0) is 48.9 Å². The molecule has 11 heteroatoms. The van der Waals surface area contributed by atoms with Crippen LogP contribution in [0.1, 0.15) is 22.8 Å². The lowest BCUT2D eigenvalue weighted by atomic mass is 10.1. The van der Waals surface area contributed by atoms with Crippen molar-refractivity contribution < 1.29 is 27.1 Å². The molecule has 0 saturated heterocycles. The van der Waals surface area contributed by atoms with E-state index in [0.29, 0.717) is 11.1 Å². The quantitative estimate of drug-likeness (QED) is 0.123. The van der Waals surface area contributed by atoms with Gasteiger partial charge in [0, 0.05) is 17.7 Å². The number of carbonyl (C=O) groups is 2. The van der Waals surface area contributed by atoms with Crippen LogP contribution >= 0.6 is 0 Å². The lowest BCUT2D eigenvalue weighted by Gasteiger charge is -2.09. The van der Waals surface area contributed by atoms with Crippen LogP contribution in [0.25, 0.3) is 6.08 Å². The minimum absolute atomic E-state index is 0.0769. The fraction of sp³-hybridized carbons (Fsp3) is 0.0417. The maximum Gasteiger partial charge on any atom is 0.339 e. The number of hydrogen-bond donors (Lipinski definition) is 1. The Hall–Kier alpha value is -4.82. The summed E-state index contributed by atoms with van der Waals surface area (Å²) >= 11 is 0. The van der Waals surface area contributed by atoms with E-state index in [1.165, 1.54) is 55.5 Å². The van der Waals surface area contributed by atoms with Crippen molar-refractivity contribution in [2.75, 3.05) is 5.32 Å². The number of nitrogens with zero attached hydrogens (tertiary/aromatic N) is 2. The van der Waals surface area contributed by atoms with Gasteiger partial charge in [0.1, 0.15) is 22.3 Å². The predicted octanol–water partition coefficient (Wildman–Crippen LogP) is 4.11. The highest BCUT2D eigenvalue weighted by molar-refractivity contribution is 7.87. The van der Waals surface area contributed by atoms with E-state index >= 15 is 0 Å². The van der Waals surface area contributed by atoms with Crippen LogP contribution in [-0.4, -0.2) is 25.0 Å². The number of amides is 1. The summed E-state index contributed by atoms with van der Waals surface area (Å²) in [6.07, 6.45) is 1.28. The van der Waals surface area contributed by atoms with Crippen LogP contribution in [0.5, 0.6) is 5.75 Å². The number of nitriles is 1. The molecule has 0 aliphatic heterocycles. The molecule has 0 aliphatic carbocycles. The van der Waals surface area contributed by atoms with Crippen LogP contribution in [0, 0.1) is 21.4 Å². The van der Waals surface area contributed by atoms with E-state index in [1.807, 2.05) is 0 Å². The summed E-state index contributed by atoms with van der Waals surface area (Å²) in [6.45, 7) is 1.36. The summed E-state index contributed by atoms with van der Waals surface area (Å²) in [5, 5.41) is 22.8. The zero-order chi connectivity index (χ0) is 25.6. The van der Waals surface area contributed by atoms with Crippen molar-refractivity contribution in [2.45, 2.75) is 11.8 Å². The number of non-ortho nitro benzene ring substituents is 1. The first kappa shape index (κ1) is 24.8. The Morgan fingerprint density at radius 1 is 1.06 bits per heavy atom. The molecule has 176 valence electrons. The molecule has 0 heterocycles. The topological polar surface area (TPSA) is 156 Å². The number of para-hydroxylation sites is 1. The van der Waals surface area contributed by atoms with Gasteiger partial charge >= 0.3 is 10.1 Å². The van der Waals surface area contributed by atoms with Crippen molar-refractivity contribution in [2.24, 2.45) is 0 Å². The minimum atomic E-state index is -4.33. The van der Waals surface area contributed by atoms with Gasteiger partial charge in [-0.2, -0.15) is 13.7 Å². The summed E-state index contributed by atoms with van der Waals surface area (Å²) < 4.78 is 29.9. The summed E-state index contributed by atoms with van der Waals surface area (Å²) in [6, 6.07) is 18.1. The summed E-state index contributed by atoms with van der Waals surface area (Å²) in [5.74, 6) is -1.05. The van der Waals surface area contributed by atoms with E-state index in [0.717, 1.165) is 12.1 Å². The van der Waals surface area contributed by atoms with E-state index in [-0.39, 0.29) is 27.7 Å². The number of rotatable bonds is 8. The van der Waals surface area contributed by atoms with Gasteiger partial charge < -0.3 is 9.50 Å². The van der Waals surface area contributed by atoms with Gasteiger partial charge in [-0.15, -0.1) is 0 Å². The van der Waals surface area contributed by atoms with E-state index in [2.05, 4.69) is 5.32 Å². The molecule has 3 aromatic carbocycles. The first-order chi connectivity index (χ1) is 16.6. The Balaban J connectivity index is 1.77. The van der Waals surface area contributed by atoms with Gasteiger partial charge in [-0.25, -0.2) is 0 Å². The van der Waals surface area contributed by atoms with Crippen LogP contribution in [0.15, 0.2) is 83.3 Å². The number of benzene rings is 3. The zero-order valence-corrected chi connectivity index (χ0v) is 19.0. The van der Waals surface area contributed by atoms with Crippen molar-refractivity contribution in [3.05, 3.63) is 99.6 Å². The van der Waals surface area contributed by atoms with E-state index < -0.39 is 26.6 Å². The second kappa shape index (κ2) is 10.4. The number of carbonyl (C=O) groups excluding carboxylic acids is 2. The Bertz CT molecular complexity index is 1490. The molecule has 0 fully saturated rings. The third-order valence-electron chi connectivity index (χ3n) is 4.63. The Kier molecular flexibility index (Phi) is 7.38. The largest absolute Gasteiger partial charge is 0.379 e. The summed E-state index contributed by atoms with van der Waals surface area (Å²) in [4.78, 5) is 34.1. The maximum absolute atomic E-state index is 12.5. The molecule has 0 saturated carbocycles. The first-order valence-corrected chi connectivity index (χ1v) is 11.3. The van der Waals surface area contributed by atoms with Gasteiger partial charge in [0.15, 0.2) is 5.78 Å². The molecule has 1 amide bonds. The molecule has 3 rings (SSSR count). The summed E-state index contributed by atoms with van der Waals surface area (Å²) in [7, 11) is -4.33. The molecule has 3 aromatic rings. The minimum Gasteiger partial charge on any atom is -0.379 e. The number of nitro groups is 1. The molecule has 0 bridgehead atoms. The van der Waals surface area contributed by atoms with Crippen molar-refractivity contribution in [1.29, 1.82) is 5.26 Å². The Morgan fingerprint density at radius 2 is 1.74 bits per heavy atom. The molecule has 0 aromatic heterocycles. The first-order valence-electron chi connectivity index (χ1n) is 9.93. The lowest BCUT2D eigenvalue weighted by Crippen LogP contribution is -2.15. The standard InChI is InChI=1S/C24H17N3O7S/c1-16(28)22-7-2-3-8-23(22)26-24(29)18(15-25)13-17-9-11-20(12-10-17)34-35(32,33)21-6-4-5-19(14-21)27(30)31/h2-14H,1H3,(H,26,29)/b18-13-. The highest BCUT2D eigenvalue weighted by Crippen LogP contribution is 2.23. The average Bonchev–Trinajstić information content (AvgIpc) is 2.83. The Labute approximate surface area is 200 Å². The molecule has 0 aliphatic rings. The third kappa shape index (κ3) is 6.16. The number of nitrogens with one attached hydrogen (secondary N) is 1. The number of anilines is 1. The molecule has 0 spiro atoms. The van der Waals surface area contributed by atoms with Gasteiger partial charge in [0.25, 0.3) is 11.6 Å². The highest BCUT2D eigenvalue weighted by atomic mass is 32.2. The molecule has 0 atom stereocenters. The number of ketones is 1. The average molecular weight is 491 g/mol. The van der Waals surface area contributed by atoms with Crippen molar-refractivity contribution in [1.82, 2.24) is 0 Å². The van der Waals surface area contributed by atoms with E-state index in [4.69, 9.17) is 4.18 Å². The van der Waals surface area contributed by atoms with E-state index in [9.17, 15) is 33.4 Å². The van der Waals surface area contributed by atoms with Crippen molar-refractivity contribution in [3.8, 4) is 11.8 Å². The maximum atomic E-state index is 12.5. The zero-order valence-electron chi connectivity index (χ0n) is 18.2. The molecule has 0 radical (unpaired) electrons. The summed E-state index contributed by atoms with van der Waals surface area (Å²) in [5.41, 5.74) is 0.312.